The Labute approximate surface area is 197 Å². The number of hydrogen-bond donors (Lipinski definition) is 0. The number of nitrogens with zero attached hydrogens (tertiary/aromatic N) is 4. The van der Waals surface area contributed by atoms with Crippen LogP contribution in [0.1, 0.15) is 40.9 Å². The Kier molecular flexibility index (Phi) is 7.03. The Morgan fingerprint density at radius 2 is 1.91 bits per heavy atom. The van der Waals surface area contributed by atoms with E-state index in [1.54, 1.807) is 13.4 Å². The predicted molar refractivity (Wildman–Crippen MR) is 129 cm³/mol. The monoisotopic (exact) mass is 464 g/mol. The molecule has 4 aromatic rings. The minimum absolute atomic E-state index is 0.0917. The van der Waals surface area contributed by atoms with E-state index in [9.17, 15) is 4.79 Å². The van der Waals surface area contributed by atoms with E-state index in [2.05, 4.69) is 21.7 Å². The molecule has 0 radical (unpaired) electrons. The van der Waals surface area contributed by atoms with Gasteiger partial charge in [0.25, 0.3) is 0 Å². The zero-order valence-electron chi connectivity index (χ0n) is 19.4. The summed E-state index contributed by atoms with van der Waals surface area (Å²) in [5, 5.41) is 9.50. The highest BCUT2D eigenvalue weighted by Gasteiger charge is 2.20. The number of Topliss-reactive ketones (excluding diaryl/α,β-unsaturated/α-hetero) is 1. The Morgan fingerprint density at radius 3 is 2.58 bits per heavy atom. The van der Waals surface area contributed by atoms with Gasteiger partial charge in [0, 0.05) is 29.1 Å². The van der Waals surface area contributed by atoms with E-state index in [-0.39, 0.29) is 11.5 Å². The second-order valence-electron chi connectivity index (χ2n) is 7.85. The van der Waals surface area contributed by atoms with Gasteiger partial charge in [-0.05, 0) is 62.7 Å². The summed E-state index contributed by atoms with van der Waals surface area (Å²) in [7, 11) is 1.64. The quantitative estimate of drug-likeness (QED) is 0.231. The number of carbonyl (C=O) groups excluding carboxylic acids is 1. The highest BCUT2D eigenvalue weighted by molar-refractivity contribution is 7.99. The van der Waals surface area contributed by atoms with Crippen LogP contribution in [0.15, 0.2) is 58.3 Å². The number of thioether (sulfide) groups is 1. The molecule has 0 N–H and O–H groups in total. The van der Waals surface area contributed by atoms with Crippen molar-refractivity contribution in [2.75, 3.05) is 12.9 Å². The van der Waals surface area contributed by atoms with Gasteiger partial charge in [0.05, 0.1) is 25.7 Å². The number of rotatable bonds is 10. The van der Waals surface area contributed by atoms with Gasteiger partial charge in [-0.15, -0.1) is 10.2 Å². The van der Waals surface area contributed by atoms with Crippen LogP contribution in [0.4, 0.5) is 0 Å². The highest BCUT2D eigenvalue weighted by atomic mass is 32.2. The number of ketones is 1. The van der Waals surface area contributed by atoms with Gasteiger partial charge in [-0.2, -0.15) is 0 Å². The van der Waals surface area contributed by atoms with E-state index in [1.807, 2.05) is 60.9 Å². The van der Waals surface area contributed by atoms with Crippen LogP contribution in [0, 0.1) is 13.8 Å². The largest absolute Gasteiger partial charge is 0.497 e. The Morgan fingerprint density at radius 1 is 1.12 bits per heavy atom. The lowest BCUT2D eigenvalue weighted by Crippen LogP contribution is -2.08. The number of methoxy groups -OCH3 is 1. The first-order chi connectivity index (χ1) is 16.0. The van der Waals surface area contributed by atoms with Gasteiger partial charge in [-0.3, -0.25) is 9.36 Å². The number of aryl methyl sites for hydroxylation is 1. The van der Waals surface area contributed by atoms with E-state index in [0.717, 1.165) is 47.0 Å². The molecular formula is C25H28N4O3S. The summed E-state index contributed by atoms with van der Waals surface area (Å²) in [5.74, 6) is 2.66. The van der Waals surface area contributed by atoms with Gasteiger partial charge in [0.15, 0.2) is 16.8 Å². The molecule has 8 heteroatoms. The van der Waals surface area contributed by atoms with Gasteiger partial charge < -0.3 is 13.7 Å². The molecule has 0 atom stereocenters. The van der Waals surface area contributed by atoms with Gasteiger partial charge in [-0.25, -0.2) is 0 Å². The molecule has 0 aliphatic heterocycles. The van der Waals surface area contributed by atoms with Crippen molar-refractivity contribution in [2.24, 2.45) is 0 Å². The lowest BCUT2D eigenvalue weighted by Gasteiger charge is -2.10. The summed E-state index contributed by atoms with van der Waals surface area (Å²) in [6, 6.07) is 13.4. The number of benzene rings is 1. The number of furan rings is 1. The van der Waals surface area contributed by atoms with E-state index < -0.39 is 0 Å². The molecule has 0 aliphatic rings. The number of aromatic nitrogens is 4. The maximum absolute atomic E-state index is 13.1. The average molecular weight is 465 g/mol. The molecule has 7 nitrogen and oxygen atoms in total. The van der Waals surface area contributed by atoms with E-state index in [0.29, 0.717) is 17.5 Å². The van der Waals surface area contributed by atoms with Crippen molar-refractivity contribution in [3.63, 3.8) is 0 Å². The molecule has 1 aromatic carbocycles. The van der Waals surface area contributed by atoms with E-state index in [4.69, 9.17) is 9.15 Å². The Balaban J connectivity index is 1.59. The number of carbonyl (C=O) groups is 1. The average Bonchev–Trinajstić information content (AvgIpc) is 3.55. The smallest absolute Gasteiger partial charge is 0.192 e. The molecule has 33 heavy (non-hydrogen) atoms. The predicted octanol–water partition coefficient (Wildman–Crippen LogP) is 5.40. The molecule has 172 valence electrons. The van der Waals surface area contributed by atoms with Gasteiger partial charge in [0.2, 0.25) is 0 Å². The standard InChI is InChI=1S/C25H28N4O3S/c1-5-12-28-17(2)14-22(18(28)3)23(30)16-33-25-27-26-24(19-8-10-20(31-4)11-9-19)29(25)15-21-7-6-13-32-21/h6-11,13-14H,5,12,15-16H2,1-4H3. The molecule has 3 heterocycles. The SMILES string of the molecule is CCCn1c(C)cc(C(=O)CSc2nnc(-c3ccc(OC)cc3)n2Cc2ccco2)c1C. The Bertz CT molecular complexity index is 1220. The third kappa shape index (κ3) is 4.90. The van der Waals surface area contributed by atoms with Crippen LogP contribution in [0.3, 0.4) is 0 Å². The summed E-state index contributed by atoms with van der Waals surface area (Å²) in [6.07, 6.45) is 2.68. The first-order valence-electron chi connectivity index (χ1n) is 10.9. The minimum atomic E-state index is 0.0917. The zero-order valence-corrected chi connectivity index (χ0v) is 20.2. The maximum Gasteiger partial charge on any atom is 0.192 e. The lowest BCUT2D eigenvalue weighted by molar-refractivity contribution is 0.102. The summed E-state index contributed by atoms with van der Waals surface area (Å²) >= 11 is 1.40. The third-order valence-electron chi connectivity index (χ3n) is 5.61. The van der Waals surface area contributed by atoms with Crippen LogP contribution < -0.4 is 4.74 Å². The fourth-order valence-corrected chi connectivity index (χ4v) is 4.73. The molecular weight excluding hydrogens is 436 g/mol. The third-order valence-corrected chi connectivity index (χ3v) is 6.58. The molecule has 0 unspecified atom stereocenters. The minimum Gasteiger partial charge on any atom is -0.497 e. The molecule has 4 rings (SSSR count). The molecule has 0 saturated heterocycles. The Hall–Kier alpha value is -3.26. The summed E-state index contributed by atoms with van der Waals surface area (Å²) in [5.41, 5.74) is 3.83. The van der Waals surface area contributed by atoms with Crippen LogP contribution in [0.2, 0.25) is 0 Å². The fraction of sp³-hybridized carbons (Fsp3) is 0.320. The van der Waals surface area contributed by atoms with Crippen molar-refractivity contribution in [1.29, 1.82) is 0 Å². The van der Waals surface area contributed by atoms with Crippen molar-refractivity contribution in [2.45, 2.75) is 45.4 Å². The number of ether oxygens (including phenoxy) is 1. The second kappa shape index (κ2) is 10.1. The first kappa shape index (κ1) is 22.9. The molecule has 3 aromatic heterocycles. The zero-order chi connectivity index (χ0) is 23.4. The van der Waals surface area contributed by atoms with Crippen LogP contribution in [-0.4, -0.2) is 38.0 Å². The summed E-state index contributed by atoms with van der Waals surface area (Å²) in [6.45, 7) is 7.60. The molecule has 0 saturated carbocycles. The first-order valence-corrected chi connectivity index (χ1v) is 11.9. The van der Waals surface area contributed by atoms with Crippen LogP contribution in [-0.2, 0) is 13.1 Å². The van der Waals surface area contributed by atoms with Crippen LogP contribution in [0.5, 0.6) is 5.75 Å². The molecule has 0 fully saturated rings. The van der Waals surface area contributed by atoms with E-state index in [1.165, 1.54) is 11.8 Å². The maximum atomic E-state index is 13.1. The van der Waals surface area contributed by atoms with Crippen molar-refractivity contribution >= 4 is 17.5 Å². The lowest BCUT2D eigenvalue weighted by atomic mass is 10.2. The normalized spacial score (nSPS) is 11.2. The molecule has 0 bridgehead atoms. The fourth-order valence-electron chi connectivity index (χ4n) is 3.91. The van der Waals surface area contributed by atoms with Gasteiger partial charge in [0.1, 0.15) is 11.5 Å². The van der Waals surface area contributed by atoms with Crippen LogP contribution in [0.25, 0.3) is 11.4 Å². The molecule has 0 spiro atoms. The van der Waals surface area contributed by atoms with Gasteiger partial charge >= 0.3 is 0 Å². The van der Waals surface area contributed by atoms with Crippen molar-refractivity contribution in [1.82, 2.24) is 19.3 Å². The van der Waals surface area contributed by atoms with E-state index >= 15 is 0 Å². The molecule has 0 aliphatic carbocycles. The highest BCUT2D eigenvalue weighted by Crippen LogP contribution is 2.28. The molecule has 0 amide bonds. The van der Waals surface area contributed by atoms with Crippen LogP contribution >= 0.6 is 11.8 Å². The van der Waals surface area contributed by atoms with Crippen molar-refractivity contribution < 1.29 is 13.9 Å². The summed E-state index contributed by atoms with van der Waals surface area (Å²) < 4.78 is 15.0. The van der Waals surface area contributed by atoms with Gasteiger partial charge in [-0.1, -0.05) is 18.7 Å². The van der Waals surface area contributed by atoms with Crippen molar-refractivity contribution in [3.05, 3.63) is 71.4 Å². The van der Waals surface area contributed by atoms with Crippen molar-refractivity contribution in [3.8, 4) is 17.1 Å². The topological polar surface area (TPSA) is 75.1 Å². The second-order valence-corrected chi connectivity index (χ2v) is 8.79. The number of hydrogen-bond acceptors (Lipinski definition) is 6. The summed E-state index contributed by atoms with van der Waals surface area (Å²) in [4.78, 5) is 13.1.